The molecule has 2 fully saturated rings. The van der Waals surface area contributed by atoms with Crippen molar-refractivity contribution < 1.29 is 13.5 Å². The maximum absolute atomic E-state index is 13.7. The average molecular weight is 511 g/mol. The molecule has 3 aliphatic rings. The first-order valence-electron chi connectivity index (χ1n) is 12.9. The molecule has 3 unspecified atom stereocenters. The third-order valence-electron chi connectivity index (χ3n) is 8.62. The molecule has 7 nitrogen and oxygen atoms in total. The van der Waals surface area contributed by atoms with E-state index in [-0.39, 0.29) is 30.8 Å². The fourth-order valence-corrected chi connectivity index (χ4v) is 8.00. The normalized spacial score (nSPS) is 30.9. The zero-order valence-corrected chi connectivity index (χ0v) is 22.4. The van der Waals surface area contributed by atoms with Crippen LogP contribution in [-0.2, 0) is 10.0 Å². The van der Waals surface area contributed by atoms with Gasteiger partial charge in [-0.05, 0) is 55.6 Å². The zero-order valence-electron chi connectivity index (χ0n) is 21.6. The van der Waals surface area contributed by atoms with E-state index in [0.717, 1.165) is 12.1 Å². The van der Waals surface area contributed by atoms with Gasteiger partial charge in [0.2, 0.25) is 10.0 Å². The number of aryl methyl sites for hydroxylation is 1. The van der Waals surface area contributed by atoms with Crippen molar-refractivity contribution in [3.05, 3.63) is 71.3 Å². The van der Waals surface area contributed by atoms with Crippen molar-refractivity contribution in [3.8, 4) is 11.1 Å². The summed E-state index contributed by atoms with van der Waals surface area (Å²) in [7, 11) is -1.67. The molecule has 2 saturated heterocycles. The standard InChI is InChI=1S/C28H38N4O3S/c1-19-8-7-9-24(20(19)2)22-10-12-23(13-11-22)28-25-17-31(14-5-6-15-32(25)26(28)18-33)36(34,35)27-16-29-21(3)30(27)4/h5-13,21,25-29,33H,14-18H2,1-4H3/b6-5-/t21?,25-,26?,27?,28-/m0/s1. The van der Waals surface area contributed by atoms with E-state index in [4.69, 9.17) is 0 Å². The lowest BCUT2D eigenvalue weighted by molar-refractivity contribution is -0.0416. The Morgan fingerprint density at radius 1 is 1.06 bits per heavy atom. The summed E-state index contributed by atoms with van der Waals surface area (Å²) in [6.45, 7) is 8.27. The van der Waals surface area contributed by atoms with Gasteiger partial charge in [0, 0.05) is 44.2 Å². The third-order valence-corrected chi connectivity index (χ3v) is 10.8. The second kappa shape index (κ2) is 10.0. The van der Waals surface area contributed by atoms with Gasteiger partial charge < -0.3 is 5.11 Å². The molecule has 0 bridgehead atoms. The van der Waals surface area contributed by atoms with E-state index >= 15 is 0 Å². The van der Waals surface area contributed by atoms with Gasteiger partial charge >= 0.3 is 0 Å². The van der Waals surface area contributed by atoms with Gasteiger partial charge in [-0.2, -0.15) is 4.31 Å². The summed E-state index contributed by atoms with van der Waals surface area (Å²) in [6.07, 6.45) is 4.01. The highest BCUT2D eigenvalue weighted by Gasteiger charge is 2.51. The molecule has 0 spiro atoms. The minimum Gasteiger partial charge on any atom is -0.395 e. The van der Waals surface area contributed by atoms with Crippen molar-refractivity contribution in [1.82, 2.24) is 19.4 Å². The Bertz CT molecular complexity index is 1230. The summed E-state index contributed by atoms with van der Waals surface area (Å²) in [6, 6.07) is 15.0. The number of aliphatic hydroxyl groups is 1. The van der Waals surface area contributed by atoms with Crippen molar-refractivity contribution in [3.63, 3.8) is 0 Å². The molecule has 3 aliphatic heterocycles. The molecule has 0 radical (unpaired) electrons. The van der Waals surface area contributed by atoms with E-state index in [0.29, 0.717) is 19.6 Å². The lowest BCUT2D eigenvalue weighted by atomic mass is 9.74. The lowest BCUT2D eigenvalue weighted by Gasteiger charge is -2.56. The van der Waals surface area contributed by atoms with Crippen LogP contribution in [0.1, 0.15) is 29.5 Å². The van der Waals surface area contributed by atoms with Crippen molar-refractivity contribution in [2.75, 3.05) is 39.8 Å². The van der Waals surface area contributed by atoms with Gasteiger partial charge in [-0.3, -0.25) is 15.1 Å². The monoisotopic (exact) mass is 510 g/mol. The average Bonchev–Trinajstić information content (AvgIpc) is 3.19. The van der Waals surface area contributed by atoms with Crippen LogP contribution >= 0.6 is 0 Å². The second-order valence-electron chi connectivity index (χ2n) is 10.4. The highest BCUT2D eigenvalue weighted by atomic mass is 32.2. The van der Waals surface area contributed by atoms with E-state index in [1.807, 2.05) is 31.0 Å². The first-order chi connectivity index (χ1) is 17.2. The van der Waals surface area contributed by atoms with Crippen molar-refractivity contribution in [2.24, 2.45) is 0 Å². The number of nitrogens with one attached hydrogen (secondary N) is 1. The van der Waals surface area contributed by atoms with E-state index in [9.17, 15) is 13.5 Å². The highest BCUT2D eigenvalue weighted by molar-refractivity contribution is 7.89. The topological polar surface area (TPSA) is 76.1 Å². The van der Waals surface area contributed by atoms with Crippen LogP contribution in [-0.4, -0.2) is 91.1 Å². The van der Waals surface area contributed by atoms with Gasteiger partial charge in [0.25, 0.3) is 0 Å². The minimum atomic E-state index is -3.53. The van der Waals surface area contributed by atoms with Gasteiger partial charge in [0.1, 0.15) is 5.37 Å². The molecule has 2 aromatic carbocycles. The third kappa shape index (κ3) is 4.34. The van der Waals surface area contributed by atoms with Crippen molar-refractivity contribution >= 4 is 10.0 Å². The Balaban J connectivity index is 1.42. The fraction of sp³-hybridized carbons (Fsp3) is 0.500. The van der Waals surface area contributed by atoms with Crippen LogP contribution in [0.5, 0.6) is 0 Å². The van der Waals surface area contributed by atoms with Crippen LogP contribution < -0.4 is 5.32 Å². The fourth-order valence-electron chi connectivity index (χ4n) is 6.09. The molecule has 5 atom stereocenters. The maximum atomic E-state index is 13.7. The summed E-state index contributed by atoms with van der Waals surface area (Å²) in [4.78, 5) is 4.15. The Labute approximate surface area is 215 Å². The summed E-state index contributed by atoms with van der Waals surface area (Å²) >= 11 is 0. The molecule has 2 N–H and O–H groups in total. The molecule has 36 heavy (non-hydrogen) atoms. The molecule has 0 aliphatic carbocycles. The van der Waals surface area contributed by atoms with Crippen LogP contribution in [0.15, 0.2) is 54.6 Å². The van der Waals surface area contributed by atoms with Gasteiger partial charge in [0.05, 0.1) is 12.8 Å². The number of fused-ring (bicyclic) bond motifs is 1. The summed E-state index contributed by atoms with van der Waals surface area (Å²) in [5.41, 5.74) is 6.11. The molecule has 5 rings (SSSR count). The predicted molar refractivity (Wildman–Crippen MR) is 144 cm³/mol. The van der Waals surface area contributed by atoms with Crippen LogP contribution in [0.2, 0.25) is 0 Å². The zero-order chi connectivity index (χ0) is 25.6. The predicted octanol–water partition coefficient (Wildman–Crippen LogP) is 2.51. The van der Waals surface area contributed by atoms with E-state index in [1.54, 1.807) is 4.31 Å². The Morgan fingerprint density at radius 2 is 1.78 bits per heavy atom. The molecule has 194 valence electrons. The summed E-state index contributed by atoms with van der Waals surface area (Å²) in [5, 5.41) is 13.0. The van der Waals surface area contributed by atoms with Crippen LogP contribution in [0, 0.1) is 13.8 Å². The number of rotatable bonds is 5. The number of benzene rings is 2. The largest absolute Gasteiger partial charge is 0.395 e. The Kier molecular flexibility index (Phi) is 7.11. The summed E-state index contributed by atoms with van der Waals surface area (Å²) in [5.74, 6) is 0.0743. The molecule has 0 aromatic heterocycles. The highest BCUT2D eigenvalue weighted by Crippen LogP contribution is 2.42. The lowest BCUT2D eigenvalue weighted by Crippen LogP contribution is -2.67. The van der Waals surface area contributed by atoms with E-state index in [2.05, 4.69) is 66.5 Å². The number of aliphatic hydroxyl groups excluding tert-OH is 1. The number of hydrogen-bond acceptors (Lipinski definition) is 6. The van der Waals surface area contributed by atoms with Gasteiger partial charge in [-0.1, -0.05) is 54.6 Å². The molecular weight excluding hydrogens is 472 g/mol. The summed E-state index contributed by atoms with van der Waals surface area (Å²) < 4.78 is 29.0. The minimum absolute atomic E-state index is 0.0190. The number of hydrogen-bond donors (Lipinski definition) is 2. The maximum Gasteiger partial charge on any atom is 0.232 e. The smallest absolute Gasteiger partial charge is 0.232 e. The first kappa shape index (κ1) is 25.6. The van der Waals surface area contributed by atoms with Crippen molar-refractivity contribution in [2.45, 2.75) is 50.3 Å². The van der Waals surface area contributed by atoms with E-state index < -0.39 is 15.4 Å². The molecule has 2 aromatic rings. The Hall–Kier alpha value is -2.07. The molecule has 3 heterocycles. The van der Waals surface area contributed by atoms with Gasteiger partial charge in [-0.15, -0.1) is 0 Å². The quantitative estimate of drug-likeness (QED) is 0.602. The second-order valence-corrected chi connectivity index (χ2v) is 12.5. The van der Waals surface area contributed by atoms with Gasteiger partial charge in [0.15, 0.2) is 0 Å². The van der Waals surface area contributed by atoms with Crippen LogP contribution in [0.25, 0.3) is 11.1 Å². The number of likely N-dealkylation sites (N-methyl/N-ethyl adjacent to an activating group) is 1. The van der Waals surface area contributed by atoms with Crippen molar-refractivity contribution in [1.29, 1.82) is 0 Å². The van der Waals surface area contributed by atoms with E-state index in [1.165, 1.54) is 22.3 Å². The SMILES string of the molecule is Cc1cccc(-c2ccc([C@@H]3C(CO)N4C/C=C\CN(S(=O)(=O)C5CNC(C)N5C)C[C@@H]34)cc2)c1C. The molecular formula is C28H38N4O3S. The van der Waals surface area contributed by atoms with Crippen LogP contribution in [0.3, 0.4) is 0 Å². The Morgan fingerprint density at radius 3 is 2.44 bits per heavy atom. The molecule has 0 amide bonds. The number of sulfonamides is 1. The first-order valence-corrected chi connectivity index (χ1v) is 14.4. The van der Waals surface area contributed by atoms with Gasteiger partial charge in [-0.25, -0.2) is 8.42 Å². The van der Waals surface area contributed by atoms with Crippen LogP contribution in [0.4, 0.5) is 0 Å². The number of nitrogens with zero attached hydrogens (tertiary/aromatic N) is 3. The molecule has 8 heteroatoms. The molecule has 0 saturated carbocycles.